The molecule has 78 valence electrons. The van der Waals surface area contributed by atoms with Crippen molar-refractivity contribution in [1.82, 2.24) is 0 Å². The van der Waals surface area contributed by atoms with Crippen molar-refractivity contribution in [3.63, 3.8) is 0 Å². The molecule has 1 aromatic carbocycles. The molecule has 0 spiro atoms. The van der Waals surface area contributed by atoms with Crippen LogP contribution >= 0.6 is 0 Å². The van der Waals surface area contributed by atoms with E-state index in [0.717, 1.165) is 17.5 Å². The van der Waals surface area contributed by atoms with Crippen LogP contribution in [0, 0.1) is 13.8 Å². The summed E-state index contributed by atoms with van der Waals surface area (Å²) < 4.78 is 30.9. The summed E-state index contributed by atoms with van der Waals surface area (Å²) in [6.45, 7) is 5.53. The maximum absolute atomic E-state index is 11.0. The summed E-state index contributed by atoms with van der Waals surface area (Å²) in [6, 6.07) is 3.32. The van der Waals surface area contributed by atoms with Crippen molar-refractivity contribution in [2.75, 3.05) is 0 Å². The molecule has 0 aliphatic heterocycles. The normalized spacial score (nSPS) is 11.7. The minimum Gasteiger partial charge on any atom is -0.282 e. The van der Waals surface area contributed by atoms with E-state index >= 15 is 0 Å². The molecule has 14 heavy (non-hydrogen) atoms. The van der Waals surface area contributed by atoms with Crippen molar-refractivity contribution in [2.24, 2.45) is 0 Å². The third-order valence-corrected chi connectivity index (χ3v) is 3.29. The van der Waals surface area contributed by atoms with Crippen molar-refractivity contribution in [1.29, 1.82) is 0 Å². The lowest BCUT2D eigenvalue weighted by Gasteiger charge is -2.08. The molecule has 1 aromatic rings. The molecular weight excluding hydrogens is 200 g/mol. The predicted octanol–water partition coefficient (Wildman–Crippen LogP) is 2.11. The van der Waals surface area contributed by atoms with E-state index in [1.807, 2.05) is 13.8 Å². The summed E-state index contributed by atoms with van der Waals surface area (Å²) in [5.74, 6) is 0. The van der Waals surface area contributed by atoms with Crippen LogP contribution < -0.4 is 0 Å². The highest BCUT2D eigenvalue weighted by molar-refractivity contribution is 7.85. The first kappa shape index (κ1) is 11.2. The lowest BCUT2D eigenvalue weighted by molar-refractivity contribution is 0.482. The predicted molar refractivity (Wildman–Crippen MR) is 55.1 cm³/mol. The Labute approximate surface area is 84.5 Å². The van der Waals surface area contributed by atoms with Crippen LogP contribution in [-0.4, -0.2) is 13.0 Å². The fourth-order valence-corrected chi connectivity index (χ4v) is 2.30. The van der Waals surface area contributed by atoms with Gasteiger partial charge in [0.1, 0.15) is 0 Å². The molecule has 4 heteroatoms. The highest BCUT2D eigenvalue weighted by atomic mass is 32.2. The molecule has 0 bridgehead atoms. The summed E-state index contributed by atoms with van der Waals surface area (Å²) in [4.78, 5) is 0.00667. The second kappa shape index (κ2) is 3.71. The highest BCUT2D eigenvalue weighted by Gasteiger charge is 2.14. The summed E-state index contributed by atoms with van der Waals surface area (Å²) in [5, 5.41) is 0. The SMILES string of the molecule is CCc1cc(C)c(S(=O)(=O)O)cc1C. The van der Waals surface area contributed by atoms with Crippen LogP contribution in [0.4, 0.5) is 0 Å². The maximum atomic E-state index is 11.0. The van der Waals surface area contributed by atoms with E-state index in [2.05, 4.69) is 0 Å². The number of hydrogen-bond acceptors (Lipinski definition) is 2. The van der Waals surface area contributed by atoms with Crippen LogP contribution in [0.15, 0.2) is 17.0 Å². The third kappa shape index (κ3) is 2.13. The fourth-order valence-electron chi connectivity index (χ4n) is 1.51. The van der Waals surface area contributed by atoms with Gasteiger partial charge in [0.15, 0.2) is 0 Å². The van der Waals surface area contributed by atoms with E-state index in [4.69, 9.17) is 4.55 Å². The molecule has 0 saturated heterocycles. The van der Waals surface area contributed by atoms with Gasteiger partial charge in [0, 0.05) is 0 Å². The van der Waals surface area contributed by atoms with Crippen LogP contribution in [0.2, 0.25) is 0 Å². The zero-order valence-corrected chi connectivity index (χ0v) is 9.35. The minimum atomic E-state index is -4.08. The summed E-state index contributed by atoms with van der Waals surface area (Å²) >= 11 is 0. The van der Waals surface area contributed by atoms with Crippen molar-refractivity contribution < 1.29 is 13.0 Å². The van der Waals surface area contributed by atoms with E-state index < -0.39 is 10.1 Å². The smallest absolute Gasteiger partial charge is 0.282 e. The van der Waals surface area contributed by atoms with Crippen LogP contribution in [-0.2, 0) is 16.5 Å². The van der Waals surface area contributed by atoms with Gasteiger partial charge in [0.25, 0.3) is 10.1 Å². The van der Waals surface area contributed by atoms with Gasteiger partial charge in [-0.1, -0.05) is 13.0 Å². The van der Waals surface area contributed by atoms with E-state index in [1.165, 1.54) is 6.07 Å². The Bertz CT molecular complexity index is 447. The van der Waals surface area contributed by atoms with E-state index in [9.17, 15) is 8.42 Å². The summed E-state index contributed by atoms with van der Waals surface area (Å²) in [7, 11) is -4.08. The lowest BCUT2D eigenvalue weighted by atomic mass is 10.0. The Kier molecular flexibility index (Phi) is 2.97. The monoisotopic (exact) mass is 214 g/mol. The Hall–Kier alpha value is -0.870. The molecular formula is C10H14O3S. The number of aryl methyl sites for hydroxylation is 3. The van der Waals surface area contributed by atoms with Crippen LogP contribution in [0.1, 0.15) is 23.6 Å². The van der Waals surface area contributed by atoms with Crippen molar-refractivity contribution in [3.8, 4) is 0 Å². The zero-order valence-electron chi connectivity index (χ0n) is 8.53. The molecule has 0 radical (unpaired) electrons. The lowest BCUT2D eigenvalue weighted by Crippen LogP contribution is -2.03. The van der Waals surface area contributed by atoms with E-state index in [1.54, 1.807) is 13.0 Å². The Morgan fingerprint density at radius 1 is 1.21 bits per heavy atom. The molecule has 0 aliphatic rings. The van der Waals surface area contributed by atoms with Crippen molar-refractivity contribution >= 4 is 10.1 Å². The fraction of sp³-hybridized carbons (Fsp3) is 0.400. The third-order valence-electron chi connectivity index (χ3n) is 2.29. The molecule has 0 fully saturated rings. The number of hydrogen-bond donors (Lipinski definition) is 1. The van der Waals surface area contributed by atoms with Gasteiger partial charge in [-0.05, 0) is 43.0 Å². The largest absolute Gasteiger partial charge is 0.294 e. The average molecular weight is 214 g/mol. The van der Waals surface area contributed by atoms with Gasteiger partial charge in [0.2, 0.25) is 0 Å². The van der Waals surface area contributed by atoms with Crippen molar-refractivity contribution in [3.05, 3.63) is 28.8 Å². The van der Waals surface area contributed by atoms with Gasteiger partial charge in [-0.15, -0.1) is 0 Å². The molecule has 0 atom stereocenters. The Morgan fingerprint density at radius 2 is 1.79 bits per heavy atom. The topological polar surface area (TPSA) is 54.4 Å². The maximum Gasteiger partial charge on any atom is 0.294 e. The van der Waals surface area contributed by atoms with Crippen molar-refractivity contribution in [2.45, 2.75) is 32.1 Å². The van der Waals surface area contributed by atoms with Crippen LogP contribution in [0.25, 0.3) is 0 Å². The van der Waals surface area contributed by atoms with Gasteiger partial charge >= 0.3 is 0 Å². The average Bonchev–Trinajstić information content (AvgIpc) is 2.06. The zero-order chi connectivity index (χ0) is 10.9. The van der Waals surface area contributed by atoms with Crippen LogP contribution in [0.3, 0.4) is 0 Å². The molecule has 0 saturated carbocycles. The molecule has 0 aromatic heterocycles. The van der Waals surface area contributed by atoms with Crippen LogP contribution in [0.5, 0.6) is 0 Å². The second-order valence-corrected chi connectivity index (χ2v) is 4.76. The van der Waals surface area contributed by atoms with Gasteiger partial charge in [-0.3, -0.25) is 4.55 Å². The second-order valence-electron chi connectivity index (χ2n) is 3.37. The quantitative estimate of drug-likeness (QED) is 0.767. The van der Waals surface area contributed by atoms with E-state index in [0.29, 0.717) is 5.56 Å². The van der Waals surface area contributed by atoms with Gasteiger partial charge < -0.3 is 0 Å². The first-order valence-corrected chi connectivity index (χ1v) is 5.88. The first-order chi connectivity index (χ1) is 6.36. The molecule has 1 rings (SSSR count). The van der Waals surface area contributed by atoms with Gasteiger partial charge in [-0.2, -0.15) is 8.42 Å². The number of rotatable bonds is 2. The molecule has 1 N–H and O–H groups in total. The van der Waals surface area contributed by atoms with E-state index in [-0.39, 0.29) is 4.90 Å². The minimum absolute atomic E-state index is 0.00667. The molecule has 0 aliphatic carbocycles. The Balaban J connectivity index is 3.44. The first-order valence-electron chi connectivity index (χ1n) is 4.44. The Morgan fingerprint density at radius 3 is 2.21 bits per heavy atom. The van der Waals surface area contributed by atoms with Gasteiger partial charge in [0.05, 0.1) is 4.90 Å². The molecule has 0 heterocycles. The molecule has 0 amide bonds. The van der Waals surface area contributed by atoms with Gasteiger partial charge in [-0.25, -0.2) is 0 Å². The molecule has 3 nitrogen and oxygen atoms in total. The molecule has 0 unspecified atom stereocenters. The standard InChI is InChI=1S/C10H14O3S/c1-4-9-5-8(3)10(6-7(9)2)14(11,12)13/h5-6H,4H2,1-3H3,(H,11,12,13). The highest BCUT2D eigenvalue weighted by Crippen LogP contribution is 2.20. The number of benzene rings is 1. The summed E-state index contributed by atoms with van der Waals surface area (Å²) in [5.41, 5.74) is 2.59. The summed E-state index contributed by atoms with van der Waals surface area (Å²) in [6.07, 6.45) is 0.860.